The molecule has 0 radical (unpaired) electrons. The molecule has 0 aromatic heterocycles. The highest BCUT2D eigenvalue weighted by Crippen LogP contribution is 2.50. The van der Waals surface area contributed by atoms with Crippen LogP contribution >= 0.6 is 0 Å². The molecule has 2 N–H and O–H groups in total. The molecule has 0 atom stereocenters. The molecule has 3 rings (SSSR count). The van der Waals surface area contributed by atoms with Crippen LogP contribution in [-0.2, 0) is 63.8 Å². The molecule has 46 heavy (non-hydrogen) atoms. The van der Waals surface area contributed by atoms with Crippen molar-refractivity contribution in [2.45, 2.75) is 106 Å². The van der Waals surface area contributed by atoms with Crippen molar-refractivity contribution in [3.63, 3.8) is 0 Å². The van der Waals surface area contributed by atoms with Crippen LogP contribution in [0.15, 0.2) is 0 Å². The summed E-state index contributed by atoms with van der Waals surface area (Å²) in [6.45, 7) is 17.2. The number of nitrogens with one attached hydrogen (secondary N) is 2. The van der Waals surface area contributed by atoms with Gasteiger partial charge in [-0.15, -0.1) is 0 Å². The Morgan fingerprint density at radius 2 is 0.717 bits per heavy atom. The lowest BCUT2D eigenvalue weighted by Crippen LogP contribution is -2.44. The van der Waals surface area contributed by atoms with E-state index < -0.39 is 57.6 Å². The average Bonchev–Trinajstić information content (AvgIpc) is 3.51. The van der Waals surface area contributed by atoms with Gasteiger partial charge in [-0.3, -0.25) is 28.8 Å². The van der Waals surface area contributed by atoms with Crippen LogP contribution in [0.2, 0.25) is 0 Å². The monoisotopic (exact) mass is 644 g/mol. The first-order valence-corrected chi connectivity index (χ1v) is 15.9. The first-order chi connectivity index (χ1) is 21.3. The second kappa shape index (κ2) is 13.4. The molecule has 0 saturated carbocycles. The molecule has 2 aliphatic rings. The summed E-state index contributed by atoms with van der Waals surface area (Å²) in [5.74, 6) is -4.42. The largest absolute Gasteiger partial charge is 0.465 e. The van der Waals surface area contributed by atoms with Gasteiger partial charge in [-0.1, -0.05) is 0 Å². The van der Waals surface area contributed by atoms with Gasteiger partial charge < -0.3 is 29.6 Å². The van der Waals surface area contributed by atoms with Gasteiger partial charge in [0.2, 0.25) is 0 Å². The van der Waals surface area contributed by atoms with Crippen molar-refractivity contribution in [1.29, 1.82) is 0 Å². The van der Waals surface area contributed by atoms with E-state index in [4.69, 9.17) is 18.9 Å². The molecule has 2 amide bonds. The first kappa shape index (κ1) is 36.5. The van der Waals surface area contributed by atoms with Gasteiger partial charge in [-0.05, 0) is 91.5 Å². The van der Waals surface area contributed by atoms with Gasteiger partial charge in [-0.25, -0.2) is 0 Å². The Balaban J connectivity index is 2.49. The normalized spacial score (nSPS) is 16.0. The van der Waals surface area contributed by atoms with Crippen LogP contribution in [0.4, 0.5) is 0 Å². The summed E-state index contributed by atoms with van der Waals surface area (Å²) in [5, 5.41) is 5.90. The van der Waals surface area contributed by atoms with E-state index in [0.29, 0.717) is 0 Å². The highest BCUT2D eigenvalue weighted by Gasteiger charge is 2.59. The van der Waals surface area contributed by atoms with Gasteiger partial charge in [-0.2, -0.15) is 0 Å². The number of esters is 4. The molecule has 1 aromatic rings. The summed E-state index contributed by atoms with van der Waals surface area (Å²) >= 11 is 0. The number of hydrogen-bond donors (Lipinski definition) is 2. The third kappa shape index (κ3) is 6.90. The van der Waals surface area contributed by atoms with Crippen LogP contribution in [0.25, 0.3) is 0 Å². The highest BCUT2D eigenvalue weighted by atomic mass is 16.6. The molecule has 1 aromatic carbocycles. The molecule has 12 nitrogen and oxygen atoms in total. The van der Waals surface area contributed by atoms with Gasteiger partial charge in [0, 0.05) is 47.9 Å². The maximum atomic E-state index is 14.2. The Kier molecular flexibility index (Phi) is 10.6. The van der Waals surface area contributed by atoms with Crippen molar-refractivity contribution in [3.8, 4) is 0 Å². The van der Waals surface area contributed by atoms with E-state index >= 15 is 0 Å². The maximum Gasteiger partial charge on any atom is 0.324 e. The number of carbonyl (C=O) groups excluding carboxylic acids is 6. The number of benzene rings is 1. The zero-order valence-electron chi connectivity index (χ0n) is 28.7. The summed E-state index contributed by atoms with van der Waals surface area (Å²) in [4.78, 5) is 82.9. The standard InChI is InChI=1S/C34H48N2O10/c1-11-43-27(39)33(28(40)44-12-2)15-19-20(16-33)24(26(38)36-32(8,9)10)22-18-34(29(41)45-13-3,30(42)46-14-4)17-21(22)23(19)25(37)35-31(5,6)7/h11-18H2,1-10H3,(H,35,37)(H,36,38). The zero-order chi connectivity index (χ0) is 34.8. The van der Waals surface area contributed by atoms with Crippen LogP contribution < -0.4 is 10.6 Å². The molecule has 0 bridgehead atoms. The van der Waals surface area contributed by atoms with E-state index in [2.05, 4.69) is 10.6 Å². The van der Waals surface area contributed by atoms with Crippen LogP contribution in [-0.4, -0.2) is 73.2 Å². The third-order valence-corrected chi connectivity index (χ3v) is 7.95. The van der Waals surface area contributed by atoms with E-state index in [1.807, 2.05) is 0 Å². The minimum absolute atomic E-state index is 0.0107. The Bertz CT molecular complexity index is 1250. The summed E-state index contributed by atoms with van der Waals surface area (Å²) in [7, 11) is 0. The van der Waals surface area contributed by atoms with E-state index in [-0.39, 0.29) is 85.5 Å². The van der Waals surface area contributed by atoms with Crippen molar-refractivity contribution >= 4 is 35.7 Å². The van der Waals surface area contributed by atoms with Crippen LogP contribution in [0.1, 0.15) is 112 Å². The average molecular weight is 645 g/mol. The molecular weight excluding hydrogens is 596 g/mol. The Morgan fingerprint density at radius 3 is 0.891 bits per heavy atom. The van der Waals surface area contributed by atoms with Crippen molar-refractivity contribution in [2.24, 2.45) is 10.8 Å². The number of carbonyl (C=O) groups is 6. The summed E-state index contributed by atoms with van der Waals surface area (Å²) in [6, 6.07) is 0. The number of ether oxygens (including phenoxy) is 4. The predicted molar refractivity (Wildman–Crippen MR) is 167 cm³/mol. The Labute approximate surface area is 270 Å². The van der Waals surface area contributed by atoms with E-state index in [1.165, 1.54) is 0 Å². The Morgan fingerprint density at radius 1 is 0.500 bits per heavy atom. The number of hydrogen-bond acceptors (Lipinski definition) is 10. The van der Waals surface area contributed by atoms with E-state index in [0.717, 1.165) is 0 Å². The van der Waals surface area contributed by atoms with E-state index in [9.17, 15) is 28.8 Å². The minimum Gasteiger partial charge on any atom is -0.465 e. The molecule has 2 aliphatic carbocycles. The lowest BCUT2D eigenvalue weighted by Gasteiger charge is -2.26. The highest BCUT2D eigenvalue weighted by molar-refractivity contribution is 6.10. The van der Waals surface area contributed by atoms with Gasteiger partial charge in [0.05, 0.1) is 26.4 Å². The lowest BCUT2D eigenvalue weighted by molar-refractivity contribution is -0.172. The lowest BCUT2D eigenvalue weighted by atomic mass is 9.82. The molecule has 0 aliphatic heterocycles. The molecule has 0 unspecified atom stereocenters. The van der Waals surface area contributed by atoms with Gasteiger partial charge in [0.15, 0.2) is 10.8 Å². The summed E-state index contributed by atoms with van der Waals surface area (Å²) in [6.07, 6.45) is -1.16. The number of amides is 2. The van der Waals surface area contributed by atoms with Gasteiger partial charge in [0.1, 0.15) is 0 Å². The van der Waals surface area contributed by atoms with Crippen molar-refractivity contribution in [3.05, 3.63) is 33.4 Å². The fourth-order valence-corrected chi connectivity index (χ4v) is 6.26. The van der Waals surface area contributed by atoms with Crippen molar-refractivity contribution in [1.82, 2.24) is 10.6 Å². The first-order valence-electron chi connectivity index (χ1n) is 15.9. The second-order valence-electron chi connectivity index (χ2n) is 13.8. The number of fused-ring (bicyclic) bond motifs is 2. The minimum atomic E-state index is -1.86. The molecule has 12 heteroatoms. The quantitative estimate of drug-likeness (QED) is 0.220. The predicted octanol–water partition coefficient (Wildman–Crippen LogP) is 3.17. The maximum absolute atomic E-state index is 14.2. The fraction of sp³-hybridized carbons (Fsp3) is 0.647. The third-order valence-electron chi connectivity index (χ3n) is 7.95. The molecule has 0 heterocycles. The fourth-order valence-electron chi connectivity index (χ4n) is 6.26. The zero-order valence-corrected chi connectivity index (χ0v) is 28.7. The molecular formula is C34H48N2O10. The SMILES string of the molecule is CCOC(=O)C1(C(=O)OCC)Cc2c(c(C(=O)NC(C)(C)C)c3c(c2C(=O)NC(C)(C)C)CC(C(=O)OCC)(C(=O)OCC)C3)C1. The molecule has 0 spiro atoms. The van der Waals surface area contributed by atoms with E-state index in [1.54, 1.807) is 69.2 Å². The molecule has 0 fully saturated rings. The molecule has 254 valence electrons. The van der Waals surface area contributed by atoms with Crippen LogP contribution in [0.5, 0.6) is 0 Å². The topological polar surface area (TPSA) is 163 Å². The summed E-state index contributed by atoms with van der Waals surface area (Å²) in [5.41, 5.74) is -3.84. The summed E-state index contributed by atoms with van der Waals surface area (Å²) < 4.78 is 21.5. The van der Waals surface area contributed by atoms with Crippen LogP contribution in [0, 0.1) is 10.8 Å². The van der Waals surface area contributed by atoms with Crippen LogP contribution in [0.3, 0.4) is 0 Å². The van der Waals surface area contributed by atoms with Crippen molar-refractivity contribution in [2.75, 3.05) is 26.4 Å². The second-order valence-corrected chi connectivity index (χ2v) is 13.8. The van der Waals surface area contributed by atoms with Crippen molar-refractivity contribution < 1.29 is 47.7 Å². The number of rotatable bonds is 10. The smallest absolute Gasteiger partial charge is 0.324 e. The van der Waals surface area contributed by atoms with Gasteiger partial charge >= 0.3 is 23.9 Å². The Hall–Kier alpha value is -3.96. The van der Waals surface area contributed by atoms with Gasteiger partial charge in [0.25, 0.3) is 11.8 Å². The molecule has 0 saturated heterocycles.